The lowest BCUT2D eigenvalue weighted by Crippen LogP contribution is -2.37. The summed E-state index contributed by atoms with van der Waals surface area (Å²) in [6.07, 6.45) is 1.98. The number of amides is 2. The number of nitrogens with one attached hydrogen (secondary N) is 2. The van der Waals surface area contributed by atoms with Gasteiger partial charge in [0.05, 0.1) is 0 Å². The van der Waals surface area contributed by atoms with Gasteiger partial charge in [0, 0.05) is 19.0 Å². The van der Waals surface area contributed by atoms with Gasteiger partial charge in [0.15, 0.2) is 6.61 Å². The van der Waals surface area contributed by atoms with Crippen LogP contribution in [-0.4, -0.2) is 31.5 Å². The fourth-order valence-electron chi connectivity index (χ4n) is 1.78. The Morgan fingerprint density at radius 2 is 2.00 bits per heavy atom. The van der Waals surface area contributed by atoms with Gasteiger partial charge in [-0.15, -0.1) is 0 Å². The topological polar surface area (TPSA) is 67.4 Å². The Bertz CT molecular complexity index is 484. The van der Waals surface area contributed by atoms with E-state index in [9.17, 15) is 9.59 Å². The Balaban J connectivity index is 1.57. The highest BCUT2D eigenvalue weighted by atomic mass is 16.5. The minimum Gasteiger partial charge on any atom is -0.484 e. The molecular weight excluding hydrogens is 256 g/mol. The largest absolute Gasteiger partial charge is 0.484 e. The number of aryl methyl sites for hydroxylation is 1. The number of carbonyl (C=O) groups excluding carboxylic acids is 2. The second kappa shape index (κ2) is 6.93. The van der Waals surface area contributed by atoms with Gasteiger partial charge in [0.1, 0.15) is 5.75 Å². The molecule has 0 atom stereocenters. The van der Waals surface area contributed by atoms with E-state index in [0.717, 1.165) is 18.4 Å². The molecular formula is C15H20N2O3. The average Bonchev–Trinajstić information content (AvgIpc) is 3.26. The summed E-state index contributed by atoms with van der Waals surface area (Å²) in [5.41, 5.74) is 1.09. The molecule has 2 amide bonds. The third-order valence-electron chi connectivity index (χ3n) is 3.05. The lowest BCUT2D eigenvalue weighted by molar-refractivity contribution is -0.124. The van der Waals surface area contributed by atoms with Crippen LogP contribution in [-0.2, 0) is 9.59 Å². The summed E-state index contributed by atoms with van der Waals surface area (Å²) in [5, 5.41) is 5.49. The van der Waals surface area contributed by atoms with Gasteiger partial charge in [0.2, 0.25) is 5.91 Å². The van der Waals surface area contributed by atoms with Crippen LogP contribution in [0.5, 0.6) is 5.75 Å². The van der Waals surface area contributed by atoms with Crippen molar-refractivity contribution < 1.29 is 14.3 Å². The van der Waals surface area contributed by atoms with Crippen molar-refractivity contribution in [3.05, 3.63) is 29.8 Å². The van der Waals surface area contributed by atoms with E-state index in [2.05, 4.69) is 10.6 Å². The molecule has 0 aromatic heterocycles. The van der Waals surface area contributed by atoms with Crippen molar-refractivity contribution in [2.75, 3.05) is 19.7 Å². The number of hydrogen-bond donors (Lipinski definition) is 2. The highest BCUT2D eigenvalue weighted by molar-refractivity contribution is 5.81. The first-order valence-electron chi connectivity index (χ1n) is 6.89. The Hall–Kier alpha value is -2.04. The van der Waals surface area contributed by atoms with Gasteiger partial charge in [-0.1, -0.05) is 12.1 Å². The molecule has 0 radical (unpaired) electrons. The van der Waals surface area contributed by atoms with E-state index in [4.69, 9.17) is 4.74 Å². The lowest BCUT2D eigenvalue weighted by Gasteiger charge is -2.08. The molecule has 0 heterocycles. The maximum absolute atomic E-state index is 11.5. The van der Waals surface area contributed by atoms with Crippen LogP contribution in [0.4, 0.5) is 0 Å². The van der Waals surface area contributed by atoms with Gasteiger partial charge < -0.3 is 15.4 Å². The zero-order valence-corrected chi connectivity index (χ0v) is 11.6. The predicted octanol–water partition coefficient (Wildman–Crippen LogP) is 1.02. The molecule has 20 heavy (non-hydrogen) atoms. The van der Waals surface area contributed by atoms with Gasteiger partial charge in [-0.05, 0) is 37.5 Å². The normalized spacial score (nSPS) is 13.7. The van der Waals surface area contributed by atoms with Crippen molar-refractivity contribution in [3.63, 3.8) is 0 Å². The van der Waals surface area contributed by atoms with E-state index in [0.29, 0.717) is 18.8 Å². The van der Waals surface area contributed by atoms with Crippen LogP contribution < -0.4 is 15.4 Å². The van der Waals surface area contributed by atoms with Crippen LogP contribution in [0.3, 0.4) is 0 Å². The Morgan fingerprint density at radius 1 is 1.25 bits per heavy atom. The summed E-state index contributed by atoms with van der Waals surface area (Å²) < 4.78 is 5.38. The van der Waals surface area contributed by atoms with Crippen LogP contribution >= 0.6 is 0 Å². The molecule has 1 aliphatic rings. The van der Waals surface area contributed by atoms with Crippen molar-refractivity contribution in [2.45, 2.75) is 19.8 Å². The molecule has 0 saturated heterocycles. The molecule has 1 saturated carbocycles. The summed E-state index contributed by atoms with van der Waals surface area (Å²) in [4.78, 5) is 22.9. The van der Waals surface area contributed by atoms with E-state index in [-0.39, 0.29) is 24.3 Å². The van der Waals surface area contributed by atoms with Crippen LogP contribution in [0.2, 0.25) is 0 Å². The summed E-state index contributed by atoms with van der Waals surface area (Å²) in [7, 11) is 0. The van der Waals surface area contributed by atoms with Gasteiger partial charge in [-0.25, -0.2) is 0 Å². The van der Waals surface area contributed by atoms with Crippen molar-refractivity contribution in [2.24, 2.45) is 5.92 Å². The molecule has 108 valence electrons. The van der Waals surface area contributed by atoms with E-state index < -0.39 is 0 Å². The molecule has 5 heteroatoms. The third-order valence-corrected chi connectivity index (χ3v) is 3.05. The molecule has 2 rings (SSSR count). The molecule has 1 aromatic carbocycles. The molecule has 5 nitrogen and oxygen atoms in total. The van der Waals surface area contributed by atoms with Gasteiger partial charge in [0.25, 0.3) is 5.91 Å². The zero-order chi connectivity index (χ0) is 14.4. The Labute approximate surface area is 118 Å². The SMILES string of the molecule is Cc1cccc(OCC(=O)NCCNC(=O)C2CC2)c1. The van der Waals surface area contributed by atoms with Crippen LogP contribution in [0.1, 0.15) is 18.4 Å². The first-order valence-corrected chi connectivity index (χ1v) is 6.89. The molecule has 2 N–H and O–H groups in total. The first-order chi connectivity index (χ1) is 9.65. The highest BCUT2D eigenvalue weighted by Gasteiger charge is 2.28. The molecule has 0 bridgehead atoms. The average molecular weight is 276 g/mol. The van der Waals surface area contributed by atoms with Gasteiger partial charge in [-0.3, -0.25) is 9.59 Å². The van der Waals surface area contributed by atoms with E-state index in [1.54, 1.807) is 0 Å². The third kappa shape index (κ3) is 4.91. The van der Waals surface area contributed by atoms with Crippen molar-refractivity contribution in [3.8, 4) is 5.75 Å². The molecule has 0 spiro atoms. The smallest absolute Gasteiger partial charge is 0.258 e. The van der Waals surface area contributed by atoms with Gasteiger partial charge in [-0.2, -0.15) is 0 Å². The van der Waals surface area contributed by atoms with Gasteiger partial charge >= 0.3 is 0 Å². The minimum atomic E-state index is -0.188. The monoisotopic (exact) mass is 276 g/mol. The maximum atomic E-state index is 11.5. The minimum absolute atomic E-state index is 0.0139. The lowest BCUT2D eigenvalue weighted by atomic mass is 10.2. The Morgan fingerprint density at radius 3 is 2.70 bits per heavy atom. The van der Waals surface area contributed by atoms with E-state index in [1.807, 2.05) is 31.2 Å². The summed E-state index contributed by atoms with van der Waals surface area (Å²) in [6, 6.07) is 7.55. The fourth-order valence-corrected chi connectivity index (χ4v) is 1.78. The summed E-state index contributed by atoms with van der Waals surface area (Å²) in [6.45, 7) is 2.84. The number of ether oxygens (including phenoxy) is 1. The number of rotatable bonds is 7. The standard InChI is InChI=1S/C15H20N2O3/c1-11-3-2-4-13(9-11)20-10-14(18)16-7-8-17-15(19)12-5-6-12/h2-4,9,12H,5-8,10H2,1H3,(H,16,18)(H,17,19). The molecule has 1 aliphatic carbocycles. The first kappa shape index (κ1) is 14.4. The van der Waals surface area contributed by atoms with Crippen molar-refractivity contribution in [1.82, 2.24) is 10.6 Å². The van der Waals surface area contributed by atoms with Crippen LogP contribution in [0, 0.1) is 12.8 Å². The van der Waals surface area contributed by atoms with Crippen molar-refractivity contribution in [1.29, 1.82) is 0 Å². The van der Waals surface area contributed by atoms with Crippen LogP contribution in [0.15, 0.2) is 24.3 Å². The predicted molar refractivity (Wildman–Crippen MR) is 75.4 cm³/mol. The summed E-state index contributed by atoms with van der Waals surface area (Å²) >= 11 is 0. The maximum Gasteiger partial charge on any atom is 0.258 e. The summed E-state index contributed by atoms with van der Waals surface area (Å²) in [5.74, 6) is 0.792. The molecule has 0 aliphatic heterocycles. The number of benzene rings is 1. The second-order valence-corrected chi connectivity index (χ2v) is 5.02. The van der Waals surface area contributed by atoms with E-state index >= 15 is 0 Å². The molecule has 0 unspecified atom stereocenters. The second-order valence-electron chi connectivity index (χ2n) is 5.02. The Kier molecular flexibility index (Phi) is 4.98. The fraction of sp³-hybridized carbons (Fsp3) is 0.467. The quantitative estimate of drug-likeness (QED) is 0.731. The molecule has 1 aromatic rings. The van der Waals surface area contributed by atoms with Crippen molar-refractivity contribution >= 4 is 11.8 Å². The zero-order valence-electron chi connectivity index (χ0n) is 11.6. The number of carbonyl (C=O) groups is 2. The van der Waals surface area contributed by atoms with E-state index in [1.165, 1.54) is 0 Å². The molecule has 1 fully saturated rings. The number of hydrogen-bond acceptors (Lipinski definition) is 3. The highest BCUT2D eigenvalue weighted by Crippen LogP contribution is 2.28. The van der Waals surface area contributed by atoms with Crippen LogP contribution in [0.25, 0.3) is 0 Å².